The van der Waals surface area contributed by atoms with Crippen LogP contribution in [0.1, 0.15) is 32.1 Å². The fourth-order valence-electron chi connectivity index (χ4n) is 2.17. The normalized spacial score (nSPS) is 35.4. The minimum atomic E-state index is 1.17. The minimum Gasteiger partial charge on any atom is -0.323 e. The zero-order valence-corrected chi connectivity index (χ0v) is 7.19. The summed E-state index contributed by atoms with van der Waals surface area (Å²) in [6.07, 6.45) is 7.82. The molecule has 10 heavy (non-hydrogen) atoms. The van der Waals surface area contributed by atoms with Crippen LogP contribution in [0.3, 0.4) is 0 Å². The third-order valence-electron chi connectivity index (χ3n) is 2.63. The van der Waals surface area contributed by atoms with Gasteiger partial charge >= 0.3 is 0 Å². The van der Waals surface area contributed by atoms with Crippen LogP contribution in [0.4, 0.5) is 0 Å². The Labute approximate surface area is 64.2 Å². The van der Waals surface area contributed by atoms with Crippen molar-refractivity contribution in [1.82, 2.24) is 5.32 Å². The number of nitrogens with one attached hydrogen (secondary N) is 1. The Morgan fingerprint density at radius 1 is 0.900 bits per heavy atom. The van der Waals surface area contributed by atoms with E-state index < -0.39 is 0 Å². The summed E-state index contributed by atoms with van der Waals surface area (Å²) >= 11 is 0. The summed E-state index contributed by atoms with van der Waals surface area (Å²) < 4.78 is 0. The highest BCUT2D eigenvalue weighted by Crippen LogP contribution is 2.43. The van der Waals surface area contributed by atoms with Crippen LogP contribution >= 0.6 is 0 Å². The van der Waals surface area contributed by atoms with Crippen molar-refractivity contribution in [3.05, 3.63) is 0 Å². The van der Waals surface area contributed by atoms with Crippen molar-refractivity contribution in [3.63, 3.8) is 0 Å². The van der Waals surface area contributed by atoms with Crippen LogP contribution in [0.2, 0.25) is 0 Å². The van der Waals surface area contributed by atoms with Crippen LogP contribution in [0.25, 0.3) is 0 Å². The van der Waals surface area contributed by atoms with Gasteiger partial charge < -0.3 is 5.32 Å². The second-order valence-corrected chi connectivity index (χ2v) is 3.62. The Hall–Kier alpha value is -0.0400. The maximum absolute atomic E-state index is 2.75. The molecule has 0 radical (unpaired) electrons. The molecule has 0 spiro atoms. The molecule has 0 heterocycles. The first kappa shape index (κ1) is 8.06. The Kier molecular flexibility index (Phi) is 3.20. The Morgan fingerprint density at radius 3 is 1.30 bits per heavy atom. The van der Waals surface area contributed by atoms with Gasteiger partial charge in [-0.1, -0.05) is 25.7 Å². The number of rotatable bonds is 0. The van der Waals surface area contributed by atoms with Crippen molar-refractivity contribution in [3.8, 4) is 0 Å². The molecule has 0 aromatic rings. The van der Waals surface area contributed by atoms with Gasteiger partial charge in [-0.3, -0.25) is 0 Å². The van der Waals surface area contributed by atoms with Gasteiger partial charge in [-0.25, -0.2) is 0 Å². The zero-order chi connectivity index (χ0) is 7.40. The molecule has 0 atom stereocenters. The maximum atomic E-state index is 2.75. The van der Waals surface area contributed by atoms with Crippen LogP contribution in [0.5, 0.6) is 0 Å². The van der Waals surface area contributed by atoms with E-state index in [1.54, 1.807) is 32.1 Å². The summed E-state index contributed by atoms with van der Waals surface area (Å²) in [7, 11) is 3.75. The molecular formula is C9H19N. The Bertz CT molecular complexity index is 72.7. The van der Waals surface area contributed by atoms with E-state index in [4.69, 9.17) is 0 Å². The SMILES string of the molecule is C1CC2CCC1C2.CNC. The third kappa shape index (κ3) is 1.98. The fourth-order valence-corrected chi connectivity index (χ4v) is 2.17. The van der Waals surface area contributed by atoms with Crippen LogP contribution in [-0.4, -0.2) is 14.1 Å². The van der Waals surface area contributed by atoms with Crippen molar-refractivity contribution in [2.24, 2.45) is 11.8 Å². The molecule has 2 bridgehead atoms. The predicted molar refractivity (Wildman–Crippen MR) is 45.0 cm³/mol. The molecule has 2 rings (SSSR count). The largest absolute Gasteiger partial charge is 0.323 e. The molecule has 2 saturated carbocycles. The first-order valence-electron chi connectivity index (χ1n) is 4.45. The summed E-state index contributed by atoms with van der Waals surface area (Å²) in [4.78, 5) is 0. The van der Waals surface area contributed by atoms with Crippen molar-refractivity contribution < 1.29 is 0 Å². The standard InChI is InChI=1S/C7H12.C2H7N/c1-2-7-4-3-6(1)5-7;1-3-2/h6-7H,1-5H2;3H,1-2H3. The van der Waals surface area contributed by atoms with Crippen LogP contribution in [0.15, 0.2) is 0 Å². The summed E-state index contributed by atoms with van der Waals surface area (Å²) in [5.41, 5.74) is 0. The van der Waals surface area contributed by atoms with E-state index in [9.17, 15) is 0 Å². The van der Waals surface area contributed by atoms with Gasteiger partial charge in [0.15, 0.2) is 0 Å². The van der Waals surface area contributed by atoms with E-state index in [-0.39, 0.29) is 0 Å². The maximum Gasteiger partial charge on any atom is -0.0167 e. The van der Waals surface area contributed by atoms with Gasteiger partial charge in [0.25, 0.3) is 0 Å². The molecule has 2 aliphatic carbocycles. The highest BCUT2D eigenvalue weighted by Gasteiger charge is 2.30. The minimum absolute atomic E-state index is 1.17. The van der Waals surface area contributed by atoms with Crippen LogP contribution in [-0.2, 0) is 0 Å². The molecule has 2 fully saturated rings. The number of hydrogen-bond donors (Lipinski definition) is 1. The smallest absolute Gasteiger partial charge is 0.0167 e. The summed E-state index contributed by atoms with van der Waals surface area (Å²) in [6, 6.07) is 0. The quantitative estimate of drug-likeness (QED) is 0.544. The lowest BCUT2D eigenvalue weighted by Crippen LogP contribution is -1.90. The molecule has 1 heteroatoms. The van der Waals surface area contributed by atoms with E-state index >= 15 is 0 Å². The fraction of sp³-hybridized carbons (Fsp3) is 1.00. The number of fused-ring (bicyclic) bond motifs is 2. The monoisotopic (exact) mass is 141 g/mol. The van der Waals surface area contributed by atoms with Gasteiger partial charge in [-0.15, -0.1) is 0 Å². The van der Waals surface area contributed by atoms with E-state index in [0.717, 1.165) is 0 Å². The molecule has 1 N–H and O–H groups in total. The van der Waals surface area contributed by atoms with Gasteiger partial charge in [0.05, 0.1) is 0 Å². The molecule has 0 aliphatic heterocycles. The van der Waals surface area contributed by atoms with Gasteiger partial charge in [-0.05, 0) is 32.4 Å². The summed E-state index contributed by atoms with van der Waals surface area (Å²) in [5, 5.41) is 2.75. The molecule has 1 nitrogen and oxygen atoms in total. The first-order chi connectivity index (χ1) is 4.86. The third-order valence-corrected chi connectivity index (χ3v) is 2.63. The molecule has 0 amide bonds. The van der Waals surface area contributed by atoms with Crippen LogP contribution in [0, 0.1) is 11.8 Å². The Balaban J connectivity index is 0.000000148. The van der Waals surface area contributed by atoms with Gasteiger partial charge in [-0.2, -0.15) is 0 Å². The first-order valence-corrected chi connectivity index (χ1v) is 4.45. The lowest BCUT2D eigenvalue weighted by Gasteiger charge is -2.05. The Morgan fingerprint density at radius 2 is 1.20 bits per heavy atom. The van der Waals surface area contributed by atoms with E-state index in [0.29, 0.717) is 0 Å². The van der Waals surface area contributed by atoms with Crippen LogP contribution < -0.4 is 5.32 Å². The summed E-state index contributed by atoms with van der Waals surface area (Å²) in [5.74, 6) is 2.34. The average molecular weight is 141 g/mol. The summed E-state index contributed by atoms with van der Waals surface area (Å²) in [6.45, 7) is 0. The molecule has 0 aromatic carbocycles. The molecule has 60 valence electrons. The topological polar surface area (TPSA) is 12.0 Å². The second-order valence-electron chi connectivity index (χ2n) is 3.62. The lowest BCUT2D eigenvalue weighted by molar-refractivity contribution is 0.480. The second kappa shape index (κ2) is 3.97. The van der Waals surface area contributed by atoms with E-state index in [2.05, 4.69) is 5.32 Å². The molecule has 0 saturated heterocycles. The number of hydrogen-bond acceptors (Lipinski definition) is 1. The molecular weight excluding hydrogens is 122 g/mol. The van der Waals surface area contributed by atoms with E-state index in [1.165, 1.54) is 11.8 Å². The predicted octanol–water partition coefficient (Wildman–Crippen LogP) is 2.03. The van der Waals surface area contributed by atoms with Gasteiger partial charge in [0.2, 0.25) is 0 Å². The van der Waals surface area contributed by atoms with Gasteiger partial charge in [0.1, 0.15) is 0 Å². The van der Waals surface area contributed by atoms with Crippen molar-refractivity contribution >= 4 is 0 Å². The molecule has 0 unspecified atom stereocenters. The zero-order valence-electron chi connectivity index (χ0n) is 7.19. The highest BCUT2D eigenvalue weighted by molar-refractivity contribution is 4.82. The van der Waals surface area contributed by atoms with Gasteiger partial charge in [0, 0.05) is 0 Å². The van der Waals surface area contributed by atoms with Crippen molar-refractivity contribution in [1.29, 1.82) is 0 Å². The molecule has 2 aliphatic rings. The highest BCUT2D eigenvalue weighted by atomic mass is 14.7. The van der Waals surface area contributed by atoms with E-state index in [1.807, 2.05) is 14.1 Å². The van der Waals surface area contributed by atoms with Crippen molar-refractivity contribution in [2.45, 2.75) is 32.1 Å². The van der Waals surface area contributed by atoms with Crippen molar-refractivity contribution in [2.75, 3.05) is 14.1 Å². The average Bonchev–Trinajstić information content (AvgIpc) is 2.49. The molecule has 0 aromatic heterocycles. The lowest BCUT2D eigenvalue weighted by atomic mass is 10.0.